The molecule has 4 nitrogen and oxygen atoms in total. The van der Waals surface area contributed by atoms with Crippen LogP contribution in [0.3, 0.4) is 0 Å². The van der Waals surface area contributed by atoms with Crippen molar-refractivity contribution in [3.63, 3.8) is 0 Å². The summed E-state index contributed by atoms with van der Waals surface area (Å²) in [5.74, 6) is 0.936. The molecule has 1 aromatic heterocycles. The Bertz CT molecular complexity index is 722. The van der Waals surface area contributed by atoms with Gasteiger partial charge in [-0.1, -0.05) is 12.1 Å². The van der Waals surface area contributed by atoms with Gasteiger partial charge in [0.25, 0.3) is 10.0 Å². The van der Waals surface area contributed by atoms with Crippen molar-refractivity contribution in [1.82, 2.24) is 0 Å². The molecule has 6 heteroatoms. The van der Waals surface area contributed by atoms with Crippen molar-refractivity contribution in [2.24, 2.45) is 0 Å². The van der Waals surface area contributed by atoms with Crippen LogP contribution in [0.5, 0.6) is 0 Å². The Morgan fingerprint density at radius 1 is 1.25 bits per heavy atom. The summed E-state index contributed by atoms with van der Waals surface area (Å²) in [6, 6.07) is 8.78. The summed E-state index contributed by atoms with van der Waals surface area (Å²) in [6.45, 7) is 3.53. The Hall–Kier alpha value is -1.46. The molecule has 0 bridgehead atoms. The molecule has 0 saturated carbocycles. The fourth-order valence-corrected chi connectivity index (χ4v) is 3.46. The molecule has 0 N–H and O–H groups in total. The highest BCUT2D eigenvalue weighted by Gasteiger charge is 2.26. The second-order valence-corrected chi connectivity index (χ2v) is 6.78. The SMILES string of the molecule is Cc1cccc(N(C)S(=O)(=O)c2cc(CCl)oc2C)c1. The molecule has 0 amide bonds. The first-order chi connectivity index (χ1) is 9.36. The molecule has 0 aliphatic rings. The van der Waals surface area contributed by atoms with Crippen molar-refractivity contribution in [3.8, 4) is 0 Å². The van der Waals surface area contributed by atoms with Gasteiger partial charge in [-0.15, -0.1) is 11.6 Å². The van der Waals surface area contributed by atoms with E-state index in [-0.39, 0.29) is 10.8 Å². The number of benzene rings is 1. The Morgan fingerprint density at radius 3 is 2.50 bits per heavy atom. The van der Waals surface area contributed by atoms with Crippen molar-refractivity contribution >= 4 is 27.3 Å². The van der Waals surface area contributed by atoms with E-state index in [9.17, 15) is 8.42 Å². The second kappa shape index (κ2) is 5.50. The summed E-state index contributed by atoms with van der Waals surface area (Å²) >= 11 is 5.68. The van der Waals surface area contributed by atoms with Gasteiger partial charge in [0.2, 0.25) is 0 Å². The Labute approximate surface area is 124 Å². The first-order valence-corrected chi connectivity index (χ1v) is 8.04. The van der Waals surface area contributed by atoms with Gasteiger partial charge in [0.1, 0.15) is 16.4 Å². The Balaban J connectivity index is 2.46. The zero-order chi connectivity index (χ0) is 14.9. The highest BCUT2D eigenvalue weighted by Crippen LogP contribution is 2.27. The van der Waals surface area contributed by atoms with Crippen LogP contribution in [0, 0.1) is 13.8 Å². The first-order valence-electron chi connectivity index (χ1n) is 6.07. The fourth-order valence-electron chi connectivity index (χ4n) is 1.96. The van der Waals surface area contributed by atoms with Gasteiger partial charge in [0, 0.05) is 13.1 Å². The van der Waals surface area contributed by atoms with Crippen LogP contribution in [0.25, 0.3) is 0 Å². The summed E-state index contributed by atoms with van der Waals surface area (Å²) < 4.78 is 31.8. The van der Waals surface area contributed by atoms with Gasteiger partial charge in [-0.3, -0.25) is 4.31 Å². The number of furan rings is 1. The molecule has 0 spiro atoms. The topological polar surface area (TPSA) is 50.5 Å². The number of hydrogen-bond donors (Lipinski definition) is 0. The third kappa shape index (κ3) is 2.69. The van der Waals surface area contributed by atoms with Crippen LogP contribution in [0.2, 0.25) is 0 Å². The van der Waals surface area contributed by atoms with Crippen LogP contribution in [0.1, 0.15) is 17.1 Å². The summed E-state index contributed by atoms with van der Waals surface area (Å²) in [5, 5.41) is 0. The van der Waals surface area contributed by atoms with Gasteiger partial charge in [-0.2, -0.15) is 0 Å². The van der Waals surface area contributed by atoms with Crippen molar-refractivity contribution in [2.75, 3.05) is 11.4 Å². The summed E-state index contributed by atoms with van der Waals surface area (Å²) in [6.07, 6.45) is 0. The van der Waals surface area contributed by atoms with E-state index in [1.807, 2.05) is 25.1 Å². The lowest BCUT2D eigenvalue weighted by Crippen LogP contribution is -2.26. The van der Waals surface area contributed by atoms with Gasteiger partial charge in [-0.05, 0) is 31.5 Å². The zero-order valence-corrected chi connectivity index (χ0v) is 13.1. The van der Waals surface area contributed by atoms with Crippen LogP contribution in [-0.2, 0) is 15.9 Å². The lowest BCUT2D eigenvalue weighted by atomic mass is 10.2. The first kappa shape index (κ1) is 14.9. The van der Waals surface area contributed by atoms with Crippen LogP contribution >= 0.6 is 11.6 Å². The molecule has 1 heterocycles. The minimum atomic E-state index is -3.65. The predicted molar refractivity (Wildman–Crippen MR) is 79.8 cm³/mol. The molecule has 2 aromatic rings. The average molecular weight is 314 g/mol. The second-order valence-electron chi connectivity index (χ2n) is 4.58. The van der Waals surface area contributed by atoms with Crippen molar-refractivity contribution in [1.29, 1.82) is 0 Å². The largest absolute Gasteiger partial charge is 0.464 e. The third-order valence-electron chi connectivity index (χ3n) is 3.06. The van der Waals surface area contributed by atoms with E-state index in [1.165, 1.54) is 17.4 Å². The quantitative estimate of drug-likeness (QED) is 0.812. The number of aryl methyl sites for hydroxylation is 2. The van der Waals surface area contributed by atoms with Crippen LogP contribution in [0.4, 0.5) is 5.69 Å². The van der Waals surface area contributed by atoms with Crippen molar-refractivity contribution in [3.05, 3.63) is 47.4 Å². The molecule has 0 aliphatic heterocycles. The van der Waals surface area contributed by atoms with E-state index in [4.69, 9.17) is 16.0 Å². The van der Waals surface area contributed by atoms with Crippen LogP contribution < -0.4 is 4.31 Å². The van der Waals surface area contributed by atoms with Gasteiger partial charge < -0.3 is 4.42 Å². The zero-order valence-electron chi connectivity index (χ0n) is 11.6. The number of hydrogen-bond acceptors (Lipinski definition) is 3. The molecule has 108 valence electrons. The highest BCUT2D eigenvalue weighted by atomic mass is 35.5. The third-order valence-corrected chi connectivity index (χ3v) is 5.22. The highest BCUT2D eigenvalue weighted by molar-refractivity contribution is 7.92. The molecule has 1 aromatic carbocycles. The maximum absolute atomic E-state index is 12.6. The number of alkyl halides is 1. The van der Waals surface area contributed by atoms with Crippen molar-refractivity contribution in [2.45, 2.75) is 24.6 Å². The minimum Gasteiger partial charge on any atom is -0.464 e. The normalized spacial score (nSPS) is 11.6. The maximum Gasteiger partial charge on any atom is 0.267 e. The van der Waals surface area contributed by atoms with E-state index in [2.05, 4.69) is 0 Å². The van der Waals surface area contributed by atoms with Crippen molar-refractivity contribution < 1.29 is 12.8 Å². The molecule has 0 unspecified atom stereocenters. The summed E-state index contributed by atoms with van der Waals surface area (Å²) in [5.41, 5.74) is 1.60. The lowest BCUT2D eigenvalue weighted by Gasteiger charge is -2.19. The number of nitrogens with zero attached hydrogens (tertiary/aromatic N) is 1. The van der Waals surface area contributed by atoms with E-state index in [1.54, 1.807) is 13.0 Å². The average Bonchev–Trinajstić information content (AvgIpc) is 2.80. The van der Waals surface area contributed by atoms with E-state index < -0.39 is 10.0 Å². The molecule has 2 rings (SSSR count). The van der Waals surface area contributed by atoms with Gasteiger partial charge in [-0.25, -0.2) is 8.42 Å². The van der Waals surface area contributed by atoms with Gasteiger partial charge >= 0.3 is 0 Å². The lowest BCUT2D eigenvalue weighted by molar-refractivity contribution is 0.492. The number of sulfonamides is 1. The number of anilines is 1. The standard InChI is InChI=1S/C14H16ClNO3S/c1-10-5-4-6-12(7-10)16(3)20(17,18)14-8-13(9-15)19-11(14)2/h4-8H,9H2,1-3H3. The van der Waals surface area contributed by atoms with E-state index in [0.717, 1.165) is 5.56 Å². The monoisotopic (exact) mass is 313 g/mol. The van der Waals surface area contributed by atoms with Crippen LogP contribution in [-0.4, -0.2) is 15.5 Å². The molecule has 0 radical (unpaired) electrons. The molecular weight excluding hydrogens is 298 g/mol. The number of rotatable bonds is 4. The molecule has 0 aliphatic carbocycles. The summed E-state index contributed by atoms with van der Waals surface area (Å²) in [7, 11) is -2.12. The van der Waals surface area contributed by atoms with E-state index >= 15 is 0 Å². The Morgan fingerprint density at radius 2 is 1.95 bits per heavy atom. The molecule has 0 fully saturated rings. The van der Waals surface area contributed by atoms with Gasteiger partial charge in [0.15, 0.2) is 0 Å². The molecule has 20 heavy (non-hydrogen) atoms. The molecular formula is C14H16ClNO3S. The smallest absolute Gasteiger partial charge is 0.267 e. The van der Waals surface area contributed by atoms with E-state index in [0.29, 0.717) is 17.2 Å². The Kier molecular flexibility index (Phi) is 4.11. The number of halogens is 1. The van der Waals surface area contributed by atoms with Gasteiger partial charge in [0.05, 0.1) is 11.6 Å². The fraction of sp³-hybridized carbons (Fsp3) is 0.286. The van der Waals surface area contributed by atoms with Crippen LogP contribution in [0.15, 0.2) is 39.6 Å². The predicted octanol–water partition coefficient (Wildman–Crippen LogP) is 3.46. The summed E-state index contributed by atoms with van der Waals surface area (Å²) in [4.78, 5) is 0.150. The minimum absolute atomic E-state index is 0.143. The molecule has 0 saturated heterocycles. The maximum atomic E-state index is 12.6. The molecule has 0 atom stereocenters.